The fourth-order valence-corrected chi connectivity index (χ4v) is 1.75. The van der Waals surface area contributed by atoms with Gasteiger partial charge in [-0.15, -0.1) is 11.8 Å². The summed E-state index contributed by atoms with van der Waals surface area (Å²) in [5.41, 5.74) is 0. The molecule has 0 aromatic carbocycles. The van der Waals surface area contributed by atoms with Gasteiger partial charge in [0.15, 0.2) is 5.78 Å². The average molecular weight is 331 g/mol. The van der Waals surface area contributed by atoms with Crippen LogP contribution < -0.4 is 16.0 Å². The molecule has 7 nitrogen and oxygen atoms in total. The second-order valence-electron chi connectivity index (χ2n) is 5.31. The highest BCUT2D eigenvalue weighted by molar-refractivity contribution is 8.00. The van der Waals surface area contributed by atoms with Gasteiger partial charge in [0.05, 0.1) is 25.4 Å². The quantitative estimate of drug-likeness (QED) is 0.510. The molecule has 0 aliphatic rings. The van der Waals surface area contributed by atoms with Crippen molar-refractivity contribution in [2.24, 2.45) is 5.92 Å². The molecule has 0 rings (SSSR count). The number of rotatable bonds is 10. The summed E-state index contributed by atoms with van der Waals surface area (Å²) in [5.74, 6) is -1.04. The van der Waals surface area contributed by atoms with Crippen molar-refractivity contribution >= 4 is 35.3 Å². The zero-order chi connectivity index (χ0) is 17.1. The molecule has 126 valence electrons. The molecule has 0 aliphatic heterocycles. The minimum Gasteiger partial charge on any atom is -0.347 e. The van der Waals surface area contributed by atoms with Gasteiger partial charge in [-0.25, -0.2) is 0 Å². The first-order valence-corrected chi connectivity index (χ1v) is 8.21. The van der Waals surface area contributed by atoms with Crippen LogP contribution in [0.1, 0.15) is 27.7 Å². The van der Waals surface area contributed by atoms with Crippen LogP contribution in [0.25, 0.3) is 0 Å². The lowest BCUT2D eigenvalue weighted by molar-refractivity contribution is -0.128. The van der Waals surface area contributed by atoms with Crippen molar-refractivity contribution in [2.45, 2.75) is 32.9 Å². The number of carbonyl (C=O) groups excluding carboxylic acids is 4. The van der Waals surface area contributed by atoms with Crippen LogP contribution in [0.3, 0.4) is 0 Å². The molecule has 0 fully saturated rings. The lowest BCUT2D eigenvalue weighted by Crippen LogP contribution is -2.43. The Kier molecular flexibility index (Phi) is 10.3. The molecule has 0 saturated carbocycles. The summed E-state index contributed by atoms with van der Waals surface area (Å²) < 4.78 is 0. The maximum atomic E-state index is 11.5. The van der Waals surface area contributed by atoms with Crippen LogP contribution in [0.5, 0.6) is 0 Å². The largest absolute Gasteiger partial charge is 0.347 e. The van der Waals surface area contributed by atoms with Gasteiger partial charge in [-0.2, -0.15) is 0 Å². The maximum Gasteiger partial charge on any atom is 0.239 e. The zero-order valence-electron chi connectivity index (χ0n) is 13.5. The highest BCUT2D eigenvalue weighted by Crippen LogP contribution is 2.07. The maximum absolute atomic E-state index is 11.5. The third-order valence-corrected chi connectivity index (χ3v) is 3.64. The predicted molar refractivity (Wildman–Crippen MR) is 86.5 cm³/mol. The van der Waals surface area contributed by atoms with Gasteiger partial charge in [0, 0.05) is 5.92 Å². The molecule has 22 heavy (non-hydrogen) atoms. The number of hydrogen-bond acceptors (Lipinski definition) is 5. The van der Waals surface area contributed by atoms with Crippen LogP contribution in [-0.2, 0) is 19.2 Å². The minimum atomic E-state index is -0.451. The van der Waals surface area contributed by atoms with E-state index in [9.17, 15) is 19.2 Å². The van der Waals surface area contributed by atoms with Crippen LogP contribution in [0.15, 0.2) is 0 Å². The van der Waals surface area contributed by atoms with E-state index in [1.165, 1.54) is 11.8 Å². The van der Waals surface area contributed by atoms with Crippen LogP contribution in [0.2, 0.25) is 0 Å². The summed E-state index contributed by atoms with van der Waals surface area (Å²) in [7, 11) is 0. The number of thioether (sulfide) groups is 1. The fraction of sp³-hybridized carbons (Fsp3) is 0.714. The summed E-state index contributed by atoms with van der Waals surface area (Å²) in [6, 6.07) is 0. The molecular formula is C14H25N3O4S. The normalized spacial score (nSPS) is 10.5. The molecule has 3 N–H and O–H groups in total. The Morgan fingerprint density at radius 1 is 0.773 bits per heavy atom. The fourth-order valence-electron chi connectivity index (χ4n) is 1.17. The van der Waals surface area contributed by atoms with Gasteiger partial charge in [-0.1, -0.05) is 27.7 Å². The number of Topliss-reactive ketones (excluding diaryl/α,β-unsaturated/α-hetero) is 1. The first-order chi connectivity index (χ1) is 10.2. The number of hydrogen-bond donors (Lipinski definition) is 3. The van der Waals surface area contributed by atoms with E-state index in [1.54, 1.807) is 13.8 Å². The Morgan fingerprint density at radius 3 is 1.68 bits per heavy atom. The molecule has 0 heterocycles. The van der Waals surface area contributed by atoms with E-state index >= 15 is 0 Å². The number of ketones is 1. The van der Waals surface area contributed by atoms with E-state index in [4.69, 9.17) is 0 Å². The third-order valence-electron chi connectivity index (χ3n) is 2.54. The first-order valence-electron chi connectivity index (χ1n) is 7.16. The second kappa shape index (κ2) is 11.1. The van der Waals surface area contributed by atoms with E-state index in [1.807, 2.05) is 13.8 Å². The van der Waals surface area contributed by atoms with Crippen LogP contribution in [0, 0.1) is 5.92 Å². The van der Waals surface area contributed by atoms with Gasteiger partial charge in [0.25, 0.3) is 0 Å². The van der Waals surface area contributed by atoms with Crippen molar-refractivity contribution in [2.75, 3.05) is 25.4 Å². The highest BCUT2D eigenvalue weighted by atomic mass is 32.2. The SMILES string of the molecule is CC(C)SCC(=O)NCC(=O)NCC(=O)NCC(=O)C(C)C. The molecule has 0 spiro atoms. The lowest BCUT2D eigenvalue weighted by atomic mass is 10.1. The lowest BCUT2D eigenvalue weighted by Gasteiger charge is -2.09. The summed E-state index contributed by atoms with van der Waals surface area (Å²) in [6.07, 6.45) is 0. The van der Waals surface area contributed by atoms with Gasteiger partial charge in [0.1, 0.15) is 0 Å². The van der Waals surface area contributed by atoms with E-state index in [2.05, 4.69) is 16.0 Å². The smallest absolute Gasteiger partial charge is 0.239 e. The number of amides is 3. The molecule has 0 saturated heterocycles. The van der Waals surface area contributed by atoms with Crippen molar-refractivity contribution in [3.05, 3.63) is 0 Å². The van der Waals surface area contributed by atoms with E-state index < -0.39 is 11.8 Å². The van der Waals surface area contributed by atoms with Crippen LogP contribution in [-0.4, -0.2) is 54.1 Å². The second-order valence-corrected chi connectivity index (χ2v) is 6.88. The van der Waals surface area contributed by atoms with Gasteiger partial charge in [-0.05, 0) is 5.25 Å². The molecule has 0 aromatic rings. The van der Waals surface area contributed by atoms with Gasteiger partial charge in [-0.3, -0.25) is 19.2 Å². The first kappa shape index (κ1) is 20.4. The monoisotopic (exact) mass is 331 g/mol. The van der Waals surface area contributed by atoms with Crippen LogP contribution in [0.4, 0.5) is 0 Å². The molecular weight excluding hydrogens is 306 g/mol. The van der Waals surface area contributed by atoms with Gasteiger partial charge < -0.3 is 16.0 Å². The van der Waals surface area contributed by atoms with Crippen molar-refractivity contribution in [3.8, 4) is 0 Å². The van der Waals surface area contributed by atoms with Crippen molar-refractivity contribution < 1.29 is 19.2 Å². The molecule has 8 heteroatoms. The van der Waals surface area contributed by atoms with E-state index in [0.717, 1.165) is 0 Å². The Hall–Kier alpha value is -1.57. The summed E-state index contributed by atoms with van der Waals surface area (Å²) in [4.78, 5) is 45.6. The molecule has 0 aromatic heterocycles. The molecule has 0 radical (unpaired) electrons. The van der Waals surface area contributed by atoms with E-state index in [0.29, 0.717) is 11.0 Å². The summed E-state index contributed by atoms with van der Waals surface area (Å²) >= 11 is 1.48. The standard InChI is InChI=1S/C14H25N3O4S/c1-9(2)11(18)5-15-12(19)6-16-13(20)7-17-14(21)8-22-10(3)4/h9-10H,5-8H2,1-4H3,(H,15,19)(H,16,20)(H,17,21). The molecule has 0 unspecified atom stereocenters. The third kappa shape index (κ3) is 11.1. The number of nitrogens with one attached hydrogen (secondary N) is 3. The van der Waals surface area contributed by atoms with Gasteiger partial charge in [0.2, 0.25) is 17.7 Å². The average Bonchev–Trinajstić information content (AvgIpc) is 2.45. The molecule has 3 amide bonds. The summed E-state index contributed by atoms with van der Waals surface area (Å²) in [6.45, 7) is 7.01. The van der Waals surface area contributed by atoms with Crippen molar-refractivity contribution in [1.82, 2.24) is 16.0 Å². The van der Waals surface area contributed by atoms with Crippen molar-refractivity contribution in [3.63, 3.8) is 0 Å². The highest BCUT2D eigenvalue weighted by Gasteiger charge is 2.11. The zero-order valence-corrected chi connectivity index (χ0v) is 14.3. The predicted octanol–water partition coefficient (Wildman–Crippen LogP) is -0.298. The van der Waals surface area contributed by atoms with Gasteiger partial charge >= 0.3 is 0 Å². The van der Waals surface area contributed by atoms with E-state index in [-0.39, 0.29) is 37.2 Å². The Balaban J connectivity index is 3.78. The minimum absolute atomic E-state index is 0.0461. The van der Waals surface area contributed by atoms with Crippen molar-refractivity contribution in [1.29, 1.82) is 0 Å². The molecule has 0 aliphatic carbocycles. The Labute approximate surface area is 135 Å². The van der Waals surface area contributed by atoms with Crippen LogP contribution >= 0.6 is 11.8 Å². The molecule has 0 bridgehead atoms. The summed E-state index contributed by atoms with van der Waals surface area (Å²) in [5, 5.41) is 7.61. The number of carbonyl (C=O) groups is 4. The Bertz CT molecular complexity index is 411. The molecule has 0 atom stereocenters. The topological polar surface area (TPSA) is 104 Å². The Morgan fingerprint density at radius 2 is 1.23 bits per heavy atom.